The summed E-state index contributed by atoms with van der Waals surface area (Å²) in [5.74, 6) is 0.995. The van der Waals surface area contributed by atoms with Crippen LogP contribution in [-0.2, 0) is 0 Å². The third kappa shape index (κ3) is 2.17. The van der Waals surface area contributed by atoms with Gasteiger partial charge in [0.05, 0.1) is 11.6 Å². The number of rotatable bonds is 1. The monoisotopic (exact) mass is 286 g/mol. The number of benzene rings is 2. The summed E-state index contributed by atoms with van der Waals surface area (Å²) in [5, 5.41) is 3.73. The molecule has 0 spiro atoms. The van der Waals surface area contributed by atoms with Gasteiger partial charge in [0.15, 0.2) is 0 Å². The van der Waals surface area contributed by atoms with Crippen LogP contribution in [0.3, 0.4) is 0 Å². The highest BCUT2D eigenvalue weighted by molar-refractivity contribution is 5.82. The van der Waals surface area contributed by atoms with Crippen molar-refractivity contribution in [3.8, 4) is 0 Å². The summed E-state index contributed by atoms with van der Waals surface area (Å²) in [6.45, 7) is 4.31. The third-order valence-corrected chi connectivity index (χ3v) is 4.23. The van der Waals surface area contributed by atoms with Crippen molar-refractivity contribution in [3.05, 3.63) is 70.6 Å². The Kier molecular flexibility index (Phi) is 2.97. The van der Waals surface area contributed by atoms with Crippen LogP contribution in [0.5, 0.6) is 0 Å². The van der Waals surface area contributed by atoms with E-state index in [0.29, 0.717) is 6.04 Å². The molecule has 22 heavy (non-hydrogen) atoms. The average Bonchev–Trinajstić information content (AvgIpc) is 2.54. The average molecular weight is 286 g/mol. The number of anilines is 1. The van der Waals surface area contributed by atoms with E-state index >= 15 is 0 Å². The van der Waals surface area contributed by atoms with E-state index in [9.17, 15) is 0 Å². The molecule has 2 heterocycles. The van der Waals surface area contributed by atoms with Crippen molar-refractivity contribution < 1.29 is 0 Å². The van der Waals surface area contributed by atoms with Gasteiger partial charge in [0.25, 0.3) is 0 Å². The van der Waals surface area contributed by atoms with Crippen LogP contribution in [-0.4, -0.2) is 11.0 Å². The fourth-order valence-corrected chi connectivity index (χ4v) is 3.04. The summed E-state index contributed by atoms with van der Waals surface area (Å²) in [4.78, 5) is 7.08. The van der Waals surface area contributed by atoms with Gasteiger partial charge in [0, 0.05) is 11.6 Å². The Labute approximate surface area is 130 Å². The zero-order valence-corrected chi connectivity index (χ0v) is 12.8. The van der Waals surface area contributed by atoms with Crippen LogP contribution in [0.1, 0.15) is 12.5 Å². The highest BCUT2D eigenvalue weighted by Crippen LogP contribution is 2.22. The van der Waals surface area contributed by atoms with Crippen molar-refractivity contribution in [2.45, 2.75) is 19.9 Å². The first-order chi connectivity index (χ1) is 10.7. The first-order valence-electron chi connectivity index (χ1n) is 7.65. The molecule has 2 heteroatoms. The second-order valence-corrected chi connectivity index (χ2v) is 5.94. The topological polar surface area (TPSA) is 16.1 Å². The van der Waals surface area contributed by atoms with Gasteiger partial charge in [-0.15, -0.1) is 0 Å². The number of pyridine rings is 1. The standard InChI is InChI=1S/C20H18N2/c1-14-7-9-19-17(11-14)8-10-20(21-19)22-13-18-6-4-3-5-16(18)12-15(22)2/h3-13,15H,1-2H3. The van der Waals surface area contributed by atoms with Gasteiger partial charge in [-0.25, -0.2) is 4.98 Å². The molecule has 3 aromatic rings. The lowest BCUT2D eigenvalue weighted by Gasteiger charge is -2.27. The molecule has 0 saturated heterocycles. The van der Waals surface area contributed by atoms with Crippen molar-refractivity contribution in [1.29, 1.82) is 0 Å². The van der Waals surface area contributed by atoms with Gasteiger partial charge in [-0.1, -0.05) is 42.0 Å². The normalized spacial score (nSPS) is 16.8. The van der Waals surface area contributed by atoms with Gasteiger partial charge in [0.1, 0.15) is 5.82 Å². The summed E-state index contributed by atoms with van der Waals surface area (Å²) in [6.07, 6.45) is 4.48. The third-order valence-electron chi connectivity index (χ3n) is 4.23. The smallest absolute Gasteiger partial charge is 0.133 e. The molecule has 108 valence electrons. The van der Waals surface area contributed by atoms with Crippen molar-refractivity contribution in [2.75, 3.05) is 4.90 Å². The van der Waals surface area contributed by atoms with Crippen molar-refractivity contribution in [2.24, 2.45) is 0 Å². The molecule has 0 saturated carbocycles. The lowest BCUT2D eigenvalue weighted by Crippen LogP contribution is -2.40. The van der Waals surface area contributed by atoms with E-state index in [-0.39, 0.29) is 0 Å². The second-order valence-electron chi connectivity index (χ2n) is 5.94. The molecular weight excluding hydrogens is 268 g/mol. The molecule has 0 radical (unpaired) electrons. The first kappa shape index (κ1) is 13.1. The Morgan fingerprint density at radius 1 is 0.955 bits per heavy atom. The predicted molar refractivity (Wildman–Crippen MR) is 93.0 cm³/mol. The van der Waals surface area contributed by atoms with Crippen LogP contribution in [0, 0.1) is 6.92 Å². The van der Waals surface area contributed by atoms with E-state index in [1.54, 1.807) is 0 Å². The zero-order valence-electron chi connectivity index (χ0n) is 12.8. The molecule has 1 aliphatic heterocycles. The second kappa shape index (κ2) is 4.99. The van der Waals surface area contributed by atoms with Gasteiger partial charge in [0.2, 0.25) is 0 Å². The van der Waals surface area contributed by atoms with Crippen LogP contribution < -0.4 is 15.3 Å². The molecule has 1 unspecified atom stereocenters. The van der Waals surface area contributed by atoms with Crippen LogP contribution in [0.2, 0.25) is 0 Å². The SMILES string of the molecule is Cc1ccc2nc(N3C=c4ccccc4=CC3C)ccc2c1. The van der Waals surface area contributed by atoms with Gasteiger partial charge < -0.3 is 4.90 Å². The summed E-state index contributed by atoms with van der Waals surface area (Å²) >= 11 is 0. The molecule has 2 nitrogen and oxygen atoms in total. The van der Waals surface area contributed by atoms with Gasteiger partial charge >= 0.3 is 0 Å². The number of hydrogen-bond acceptors (Lipinski definition) is 2. The van der Waals surface area contributed by atoms with Crippen LogP contribution in [0.15, 0.2) is 54.6 Å². The summed E-state index contributed by atoms with van der Waals surface area (Å²) in [6, 6.07) is 19.4. The van der Waals surface area contributed by atoms with Crippen molar-refractivity contribution in [3.63, 3.8) is 0 Å². The molecule has 4 rings (SSSR count). The maximum absolute atomic E-state index is 4.84. The number of aryl methyl sites for hydroxylation is 1. The van der Waals surface area contributed by atoms with Crippen LogP contribution >= 0.6 is 0 Å². The molecule has 0 amide bonds. The van der Waals surface area contributed by atoms with E-state index in [1.165, 1.54) is 21.4 Å². The molecule has 0 aliphatic carbocycles. The van der Waals surface area contributed by atoms with E-state index in [2.05, 4.69) is 85.6 Å². The molecule has 0 fully saturated rings. The fourth-order valence-electron chi connectivity index (χ4n) is 3.04. The number of hydrogen-bond donors (Lipinski definition) is 0. The van der Waals surface area contributed by atoms with E-state index in [4.69, 9.17) is 4.98 Å². The lowest BCUT2D eigenvalue weighted by molar-refractivity contribution is 0.895. The fraction of sp³-hybridized carbons (Fsp3) is 0.150. The Bertz CT molecular complexity index is 972. The number of nitrogens with zero attached hydrogens (tertiary/aromatic N) is 2. The minimum Gasteiger partial charge on any atom is -0.326 e. The largest absolute Gasteiger partial charge is 0.326 e. The minimum atomic E-state index is 0.297. The highest BCUT2D eigenvalue weighted by Gasteiger charge is 2.14. The summed E-state index contributed by atoms with van der Waals surface area (Å²) in [5.41, 5.74) is 2.31. The molecule has 2 aromatic carbocycles. The first-order valence-corrected chi connectivity index (χ1v) is 7.65. The molecular formula is C20H18N2. The summed E-state index contributed by atoms with van der Waals surface area (Å²) < 4.78 is 0. The van der Waals surface area contributed by atoms with E-state index < -0.39 is 0 Å². The Hall–Kier alpha value is -2.61. The molecule has 0 bridgehead atoms. The van der Waals surface area contributed by atoms with Crippen LogP contribution in [0.4, 0.5) is 5.82 Å². The van der Waals surface area contributed by atoms with E-state index in [0.717, 1.165) is 11.3 Å². The number of fused-ring (bicyclic) bond motifs is 2. The highest BCUT2D eigenvalue weighted by atomic mass is 15.2. The molecule has 0 N–H and O–H groups in total. The molecule has 1 atom stereocenters. The number of aromatic nitrogens is 1. The van der Waals surface area contributed by atoms with Gasteiger partial charge in [-0.2, -0.15) is 0 Å². The zero-order chi connectivity index (χ0) is 15.1. The quantitative estimate of drug-likeness (QED) is 0.684. The predicted octanol–water partition coefficient (Wildman–Crippen LogP) is 2.97. The van der Waals surface area contributed by atoms with Gasteiger partial charge in [-0.3, -0.25) is 0 Å². The molecule has 1 aromatic heterocycles. The Morgan fingerprint density at radius 2 is 1.77 bits per heavy atom. The van der Waals surface area contributed by atoms with Crippen molar-refractivity contribution >= 4 is 29.0 Å². The van der Waals surface area contributed by atoms with Crippen molar-refractivity contribution in [1.82, 2.24) is 4.98 Å². The molecule has 1 aliphatic rings. The van der Waals surface area contributed by atoms with Crippen LogP contribution in [0.25, 0.3) is 23.2 Å². The van der Waals surface area contributed by atoms with Gasteiger partial charge in [-0.05, 0) is 48.6 Å². The summed E-state index contributed by atoms with van der Waals surface area (Å²) in [7, 11) is 0. The maximum atomic E-state index is 4.84. The lowest BCUT2D eigenvalue weighted by atomic mass is 10.1. The Morgan fingerprint density at radius 3 is 2.64 bits per heavy atom. The van der Waals surface area contributed by atoms with E-state index in [1.807, 2.05) is 0 Å². The Balaban J connectivity index is 1.85. The minimum absolute atomic E-state index is 0.297. The maximum Gasteiger partial charge on any atom is 0.133 e.